The molecule has 2 aromatic heterocycles. The molecule has 4 rings (SSSR count). The first-order valence-electron chi connectivity index (χ1n) is 8.89. The van der Waals surface area contributed by atoms with Gasteiger partial charge in [-0.1, -0.05) is 12.1 Å². The fourth-order valence-corrected chi connectivity index (χ4v) is 3.28. The van der Waals surface area contributed by atoms with Gasteiger partial charge in [0.05, 0.1) is 11.4 Å². The largest absolute Gasteiger partial charge is 0.378 e. The highest BCUT2D eigenvalue weighted by Gasteiger charge is 2.12. The molecule has 134 valence electrons. The average molecular weight is 349 g/mol. The highest BCUT2D eigenvalue weighted by atomic mass is 16.1. The number of nitrogens with one attached hydrogen (secondary N) is 1. The number of pyridine rings is 1. The van der Waals surface area contributed by atoms with E-state index in [2.05, 4.69) is 15.2 Å². The van der Waals surface area contributed by atoms with Gasteiger partial charge in [0.25, 0.3) is 5.56 Å². The molecule has 0 unspecified atom stereocenters. The molecule has 1 N–H and O–H groups in total. The number of benzene rings is 1. The van der Waals surface area contributed by atoms with Gasteiger partial charge in [-0.3, -0.25) is 9.20 Å². The summed E-state index contributed by atoms with van der Waals surface area (Å²) in [7, 11) is 4.01. The Morgan fingerprint density at radius 1 is 1.04 bits per heavy atom. The van der Waals surface area contributed by atoms with Crippen LogP contribution in [0.4, 0.5) is 11.4 Å². The Labute approximate surface area is 152 Å². The van der Waals surface area contributed by atoms with Gasteiger partial charge in [-0.25, -0.2) is 4.98 Å². The van der Waals surface area contributed by atoms with Crippen LogP contribution < -0.4 is 20.7 Å². The minimum absolute atomic E-state index is 0.0568. The molecule has 0 spiro atoms. The second-order valence-electron chi connectivity index (χ2n) is 6.77. The van der Waals surface area contributed by atoms with Crippen LogP contribution in [0.2, 0.25) is 0 Å². The fourth-order valence-electron chi connectivity index (χ4n) is 3.28. The molecule has 0 bridgehead atoms. The quantitative estimate of drug-likeness (QED) is 0.782. The van der Waals surface area contributed by atoms with Crippen molar-refractivity contribution >= 4 is 17.0 Å². The lowest BCUT2D eigenvalue weighted by atomic mass is 10.1. The summed E-state index contributed by atoms with van der Waals surface area (Å²) < 4.78 is 1.63. The molecule has 0 radical (unpaired) electrons. The van der Waals surface area contributed by atoms with Gasteiger partial charge in [0.1, 0.15) is 5.65 Å². The lowest BCUT2D eigenvalue weighted by Crippen LogP contribution is -2.43. The van der Waals surface area contributed by atoms with Crippen molar-refractivity contribution in [3.05, 3.63) is 59.0 Å². The second-order valence-corrected chi connectivity index (χ2v) is 6.77. The molecule has 6 heteroatoms. The fraction of sp³-hybridized carbons (Fsp3) is 0.300. The van der Waals surface area contributed by atoms with E-state index in [9.17, 15) is 4.79 Å². The normalized spacial score (nSPS) is 14.6. The molecular weight excluding hydrogens is 326 g/mol. The van der Waals surface area contributed by atoms with Gasteiger partial charge in [-0.2, -0.15) is 0 Å². The lowest BCUT2D eigenvalue weighted by molar-refractivity contribution is 0.588. The molecule has 1 saturated heterocycles. The zero-order valence-corrected chi connectivity index (χ0v) is 15.1. The van der Waals surface area contributed by atoms with E-state index in [0.29, 0.717) is 11.3 Å². The number of hydrogen-bond donors (Lipinski definition) is 1. The molecule has 0 aliphatic carbocycles. The Bertz CT molecular complexity index is 972. The summed E-state index contributed by atoms with van der Waals surface area (Å²) in [6.45, 7) is 3.83. The summed E-state index contributed by atoms with van der Waals surface area (Å²) in [4.78, 5) is 21.7. The Morgan fingerprint density at radius 3 is 2.46 bits per heavy atom. The molecule has 3 aromatic rings. The number of nitrogens with zero attached hydrogens (tertiary/aromatic N) is 4. The summed E-state index contributed by atoms with van der Waals surface area (Å²) in [5.74, 6) is 0. The van der Waals surface area contributed by atoms with Gasteiger partial charge in [-0.15, -0.1) is 0 Å². The maximum absolute atomic E-state index is 12.7. The van der Waals surface area contributed by atoms with Gasteiger partial charge < -0.3 is 15.1 Å². The van der Waals surface area contributed by atoms with Crippen molar-refractivity contribution in [3.63, 3.8) is 0 Å². The first kappa shape index (κ1) is 16.6. The van der Waals surface area contributed by atoms with Crippen LogP contribution in [0.15, 0.2) is 53.5 Å². The number of piperazine rings is 1. The van der Waals surface area contributed by atoms with Gasteiger partial charge in [-0.05, 0) is 24.3 Å². The Kier molecular flexibility index (Phi) is 4.34. The summed E-state index contributed by atoms with van der Waals surface area (Å²) in [5, 5.41) is 3.34. The van der Waals surface area contributed by atoms with E-state index < -0.39 is 0 Å². The Balaban J connectivity index is 1.71. The Hall–Kier alpha value is -2.86. The van der Waals surface area contributed by atoms with Gasteiger partial charge in [0.2, 0.25) is 0 Å². The smallest absolute Gasteiger partial charge is 0.258 e. The van der Waals surface area contributed by atoms with E-state index in [0.717, 1.165) is 43.1 Å². The molecule has 1 aliphatic heterocycles. The molecule has 1 fully saturated rings. The van der Waals surface area contributed by atoms with Crippen LogP contribution in [0.3, 0.4) is 0 Å². The molecule has 0 amide bonds. The van der Waals surface area contributed by atoms with Crippen LogP contribution in [0.25, 0.3) is 16.9 Å². The van der Waals surface area contributed by atoms with E-state index in [4.69, 9.17) is 0 Å². The zero-order valence-electron chi connectivity index (χ0n) is 15.1. The predicted octanol–water partition coefficient (Wildman–Crippen LogP) is 1.84. The molecule has 1 aromatic carbocycles. The van der Waals surface area contributed by atoms with Crippen molar-refractivity contribution in [3.8, 4) is 11.3 Å². The third-order valence-corrected chi connectivity index (χ3v) is 4.81. The van der Waals surface area contributed by atoms with Crippen LogP contribution in [-0.4, -0.2) is 49.7 Å². The van der Waals surface area contributed by atoms with Crippen LogP contribution in [-0.2, 0) is 0 Å². The van der Waals surface area contributed by atoms with Crippen molar-refractivity contribution in [1.29, 1.82) is 0 Å². The highest BCUT2D eigenvalue weighted by molar-refractivity contribution is 5.65. The van der Waals surface area contributed by atoms with Gasteiger partial charge in [0.15, 0.2) is 0 Å². The molecule has 1 aliphatic rings. The number of fused-ring (bicyclic) bond motifs is 1. The SMILES string of the molecule is CN(C)c1ccc(-c2cc(=O)n3cc(N4CCNCC4)ccc3n2)cc1. The topological polar surface area (TPSA) is 52.9 Å². The number of aromatic nitrogens is 2. The summed E-state index contributed by atoms with van der Waals surface area (Å²) in [6, 6.07) is 13.7. The summed E-state index contributed by atoms with van der Waals surface area (Å²) in [6.07, 6.45) is 1.90. The van der Waals surface area contributed by atoms with Crippen LogP contribution in [0.1, 0.15) is 0 Å². The zero-order chi connectivity index (χ0) is 18.1. The minimum Gasteiger partial charge on any atom is -0.378 e. The monoisotopic (exact) mass is 349 g/mol. The van der Waals surface area contributed by atoms with Gasteiger partial charge in [0, 0.05) is 63.8 Å². The van der Waals surface area contributed by atoms with E-state index >= 15 is 0 Å². The van der Waals surface area contributed by atoms with E-state index in [1.807, 2.05) is 61.6 Å². The van der Waals surface area contributed by atoms with Crippen molar-refractivity contribution in [2.24, 2.45) is 0 Å². The van der Waals surface area contributed by atoms with Gasteiger partial charge >= 0.3 is 0 Å². The van der Waals surface area contributed by atoms with Crippen molar-refractivity contribution in [2.75, 3.05) is 50.1 Å². The Morgan fingerprint density at radius 2 is 1.77 bits per heavy atom. The number of hydrogen-bond acceptors (Lipinski definition) is 5. The van der Waals surface area contributed by atoms with Crippen LogP contribution in [0.5, 0.6) is 0 Å². The first-order valence-corrected chi connectivity index (χ1v) is 8.89. The molecule has 0 saturated carbocycles. The van der Waals surface area contributed by atoms with E-state index in [1.165, 1.54) is 0 Å². The summed E-state index contributed by atoms with van der Waals surface area (Å²) >= 11 is 0. The minimum atomic E-state index is -0.0568. The van der Waals surface area contributed by atoms with Crippen molar-refractivity contribution < 1.29 is 0 Å². The van der Waals surface area contributed by atoms with Crippen LogP contribution in [0, 0.1) is 0 Å². The predicted molar refractivity (Wildman–Crippen MR) is 106 cm³/mol. The number of rotatable bonds is 3. The second kappa shape index (κ2) is 6.80. The molecule has 3 heterocycles. The average Bonchev–Trinajstić information content (AvgIpc) is 2.68. The standard InChI is InChI=1S/C20H23N5O/c1-23(2)16-5-3-15(4-6-16)18-13-20(26)25-14-17(7-8-19(25)22-18)24-11-9-21-10-12-24/h3-8,13-14,21H,9-12H2,1-2H3. The molecule has 0 atom stereocenters. The van der Waals surface area contributed by atoms with E-state index in [-0.39, 0.29) is 5.56 Å². The molecule has 6 nitrogen and oxygen atoms in total. The van der Waals surface area contributed by atoms with E-state index in [1.54, 1.807) is 10.5 Å². The maximum atomic E-state index is 12.7. The molecule has 26 heavy (non-hydrogen) atoms. The van der Waals surface area contributed by atoms with Crippen LogP contribution >= 0.6 is 0 Å². The summed E-state index contributed by atoms with van der Waals surface area (Å²) in [5.41, 5.74) is 4.44. The lowest BCUT2D eigenvalue weighted by Gasteiger charge is -2.29. The maximum Gasteiger partial charge on any atom is 0.258 e. The van der Waals surface area contributed by atoms with Crippen molar-refractivity contribution in [1.82, 2.24) is 14.7 Å². The highest BCUT2D eigenvalue weighted by Crippen LogP contribution is 2.21. The first-order chi connectivity index (χ1) is 12.6. The number of anilines is 2. The van der Waals surface area contributed by atoms with Crippen molar-refractivity contribution in [2.45, 2.75) is 0 Å². The third kappa shape index (κ3) is 3.15. The molecular formula is C20H23N5O. The third-order valence-electron chi connectivity index (χ3n) is 4.81.